The van der Waals surface area contributed by atoms with Crippen LogP contribution in [0.1, 0.15) is 0 Å². The van der Waals surface area contributed by atoms with E-state index >= 15 is 0 Å². The van der Waals surface area contributed by atoms with Crippen LogP contribution in [0.25, 0.3) is 0 Å². The van der Waals surface area contributed by atoms with Crippen LogP contribution in [0.5, 0.6) is 0 Å². The number of carbonyl (C=O) groups is 1. The van der Waals surface area contributed by atoms with Crippen molar-refractivity contribution in [3.05, 3.63) is 30.1 Å². The minimum atomic E-state index is -0.385. The lowest BCUT2D eigenvalue weighted by Crippen LogP contribution is -3.27. The van der Waals surface area contributed by atoms with Crippen molar-refractivity contribution < 1.29 is 19.0 Å². The molecule has 0 radical (unpaired) electrons. The average molecular weight is 253 g/mol. The zero-order valence-corrected chi connectivity index (χ0v) is 10.6. The highest BCUT2D eigenvalue weighted by molar-refractivity contribution is 5.91. The molecule has 0 aliphatic carbocycles. The fraction of sp³-hybridized carbons (Fsp3) is 0.462. The Morgan fingerprint density at radius 3 is 2.61 bits per heavy atom. The molecule has 0 aromatic heterocycles. The van der Waals surface area contributed by atoms with Gasteiger partial charge in [0.2, 0.25) is 0 Å². The summed E-state index contributed by atoms with van der Waals surface area (Å²) in [5.74, 6) is -0.502. The standard InChI is InChI=1S/C13H18FN3O/c1-16-6-8-17(9-7-16)10-13(18)15-12-5-3-2-4-11(12)14/h2-5H,6-10H2,1H3,(H,15,18)/p+2. The fourth-order valence-corrected chi connectivity index (χ4v) is 2.19. The van der Waals surface area contributed by atoms with Crippen LogP contribution in [-0.4, -0.2) is 45.7 Å². The smallest absolute Gasteiger partial charge is 0.279 e. The first kappa shape index (κ1) is 13.0. The van der Waals surface area contributed by atoms with Gasteiger partial charge in [0.25, 0.3) is 5.91 Å². The molecule has 18 heavy (non-hydrogen) atoms. The van der Waals surface area contributed by atoms with E-state index in [1.54, 1.807) is 18.2 Å². The molecule has 98 valence electrons. The highest BCUT2D eigenvalue weighted by Gasteiger charge is 2.22. The zero-order chi connectivity index (χ0) is 13.0. The number of carbonyl (C=O) groups excluding carboxylic acids is 1. The topological polar surface area (TPSA) is 38.0 Å². The molecule has 1 aromatic rings. The van der Waals surface area contributed by atoms with Crippen LogP contribution in [0.2, 0.25) is 0 Å². The maximum Gasteiger partial charge on any atom is 0.279 e. The van der Waals surface area contributed by atoms with Gasteiger partial charge in [-0.3, -0.25) is 4.79 Å². The molecule has 1 saturated heterocycles. The maximum atomic E-state index is 13.4. The number of piperazine rings is 1. The quantitative estimate of drug-likeness (QED) is 0.583. The second kappa shape index (κ2) is 5.93. The molecule has 1 aromatic carbocycles. The van der Waals surface area contributed by atoms with Gasteiger partial charge in [-0.1, -0.05) is 12.1 Å². The number of hydrogen-bond donors (Lipinski definition) is 3. The molecule has 4 nitrogen and oxygen atoms in total. The van der Waals surface area contributed by atoms with Crippen molar-refractivity contribution in [2.45, 2.75) is 0 Å². The number of hydrogen-bond acceptors (Lipinski definition) is 1. The van der Waals surface area contributed by atoms with Crippen molar-refractivity contribution in [2.24, 2.45) is 0 Å². The Morgan fingerprint density at radius 1 is 1.28 bits per heavy atom. The molecule has 0 saturated carbocycles. The Hall–Kier alpha value is -1.46. The molecule has 1 amide bonds. The van der Waals surface area contributed by atoms with Crippen LogP contribution in [0.4, 0.5) is 10.1 Å². The van der Waals surface area contributed by atoms with Crippen LogP contribution in [0.15, 0.2) is 24.3 Å². The molecule has 0 atom stereocenters. The minimum absolute atomic E-state index is 0.116. The number of amides is 1. The number of para-hydroxylation sites is 1. The van der Waals surface area contributed by atoms with Gasteiger partial charge in [-0.15, -0.1) is 0 Å². The van der Waals surface area contributed by atoms with E-state index in [1.807, 2.05) is 0 Å². The first-order valence-corrected chi connectivity index (χ1v) is 6.34. The second-order valence-electron chi connectivity index (χ2n) is 4.91. The van der Waals surface area contributed by atoms with Gasteiger partial charge in [0, 0.05) is 0 Å². The summed E-state index contributed by atoms with van der Waals surface area (Å²) in [6.45, 7) is 4.58. The van der Waals surface area contributed by atoms with E-state index in [4.69, 9.17) is 0 Å². The van der Waals surface area contributed by atoms with Crippen LogP contribution < -0.4 is 15.1 Å². The molecule has 1 fully saturated rings. The predicted molar refractivity (Wildman–Crippen MR) is 67.2 cm³/mol. The fourth-order valence-electron chi connectivity index (χ4n) is 2.19. The molecule has 3 N–H and O–H groups in total. The average Bonchev–Trinajstić information content (AvgIpc) is 2.35. The lowest BCUT2D eigenvalue weighted by atomic mass is 10.3. The molecular formula is C13H20FN3O+2. The van der Waals surface area contributed by atoms with Gasteiger partial charge in [0.05, 0.1) is 12.7 Å². The van der Waals surface area contributed by atoms with Crippen LogP contribution in [-0.2, 0) is 4.79 Å². The minimum Gasteiger partial charge on any atom is -0.328 e. The second-order valence-corrected chi connectivity index (χ2v) is 4.91. The number of anilines is 1. The lowest BCUT2D eigenvalue weighted by Gasteiger charge is -2.26. The highest BCUT2D eigenvalue weighted by atomic mass is 19.1. The first-order valence-electron chi connectivity index (χ1n) is 6.34. The molecule has 0 bridgehead atoms. The maximum absolute atomic E-state index is 13.4. The molecule has 0 spiro atoms. The molecular weight excluding hydrogens is 233 g/mol. The van der Waals surface area contributed by atoms with E-state index < -0.39 is 0 Å². The molecule has 2 rings (SSSR count). The van der Waals surface area contributed by atoms with E-state index in [2.05, 4.69) is 12.4 Å². The number of rotatable bonds is 3. The summed E-state index contributed by atoms with van der Waals surface area (Å²) in [5, 5.41) is 2.63. The number of quaternary nitrogens is 2. The molecule has 1 heterocycles. The third-order valence-corrected chi connectivity index (χ3v) is 3.37. The normalized spacial score (nSPS) is 23.7. The van der Waals surface area contributed by atoms with Gasteiger partial charge in [0.1, 0.15) is 32.0 Å². The van der Waals surface area contributed by atoms with Crippen molar-refractivity contribution in [1.82, 2.24) is 0 Å². The summed E-state index contributed by atoms with van der Waals surface area (Å²) in [6.07, 6.45) is 0. The number of benzene rings is 1. The Kier molecular flexibility index (Phi) is 4.28. The van der Waals surface area contributed by atoms with E-state index in [-0.39, 0.29) is 17.4 Å². The van der Waals surface area contributed by atoms with Crippen molar-refractivity contribution in [2.75, 3.05) is 45.1 Å². The molecule has 0 unspecified atom stereocenters. The summed E-state index contributed by atoms with van der Waals surface area (Å²) in [5.41, 5.74) is 0.265. The van der Waals surface area contributed by atoms with Gasteiger partial charge in [-0.05, 0) is 12.1 Å². The van der Waals surface area contributed by atoms with Crippen molar-refractivity contribution in [3.8, 4) is 0 Å². The largest absolute Gasteiger partial charge is 0.328 e. The van der Waals surface area contributed by atoms with Gasteiger partial charge >= 0.3 is 0 Å². The van der Waals surface area contributed by atoms with Crippen molar-refractivity contribution >= 4 is 11.6 Å². The summed E-state index contributed by atoms with van der Waals surface area (Å²) >= 11 is 0. The zero-order valence-electron chi connectivity index (χ0n) is 10.6. The SMILES string of the molecule is C[NH+]1CC[NH+](CC(=O)Nc2ccccc2F)CC1. The van der Waals surface area contributed by atoms with E-state index in [9.17, 15) is 9.18 Å². The van der Waals surface area contributed by atoms with E-state index in [1.165, 1.54) is 15.9 Å². The summed E-state index contributed by atoms with van der Waals surface area (Å²) in [7, 11) is 2.16. The Balaban J connectivity index is 1.84. The van der Waals surface area contributed by atoms with Crippen LogP contribution in [0.3, 0.4) is 0 Å². The van der Waals surface area contributed by atoms with Gasteiger partial charge in [0.15, 0.2) is 6.54 Å². The first-order chi connectivity index (χ1) is 8.65. The van der Waals surface area contributed by atoms with Gasteiger partial charge in [-0.2, -0.15) is 0 Å². The predicted octanol–water partition coefficient (Wildman–Crippen LogP) is -1.82. The van der Waals surface area contributed by atoms with Gasteiger partial charge < -0.3 is 15.1 Å². The summed E-state index contributed by atoms with van der Waals surface area (Å²) < 4.78 is 13.4. The van der Waals surface area contributed by atoms with Gasteiger partial charge in [-0.25, -0.2) is 4.39 Å². The van der Waals surface area contributed by atoms with Crippen LogP contribution >= 0.6 is 0 Å². The van der Waals surface area contributed by atoms with E-state index in [0.717, 1.165) is 26.2 Å². The summed E-state index contributed by atoms with van der Waals surface area (Å²) in [6, 6.07) is 6.25. The molecule has 1 aliphatic rings. The van der Waals surface area contributed by atoms with Crippen molar-refractivity contribution in [3.63, 3.8) is 0 Å². The number of nitrogens with one attached hydrogen (secondary N) is 3. The van der Waals surface area contributed by atoms with Crippen molar-refractivity contribution in [1.29, 1.82) is 0 Å². The Morgan fingerprint density at radius 2 is 1.94 bits per heavy atom. The summed E-state index contributed by atoms with van der Waals surface area (Å²) in [4.78, 5) is 14.6. The number of likely N-dealkylation sites (N-methyl/N-ethyl adjacent to an activating group) is 1. The van der Waals surface area contributed by atoms with E-state index in [0.29, 0.717) is 6.54 Å². The third-order valence-electron chi connectivity index (χ3n) is 3.37. The lowest BCUT2D eigenvalue weighted by molar-refractivity contribution is -0.999. The monoisotopic (exact) mass is 253 g/mol. The molecule has 1 aliphatic heterocycles. The number of halogens is 1. The Bertz CT molecular complexity index is 416. The third kappa shape index (κ3) is 3.51. The molecule has 5 heteroatoms. The van der Waals surface area contributed by atoms with Crippen LogP contribution in [0, 0.1) is 5.82 Å². The highest BCUT2D eigenvalue weighted by Crippen LogP contribution is 2.11. The Labute approximate surface area is 106 Å².